The fraction of sp³-hybridized carbons (Fsp3) is 0.176. The number of rotatable bonds is 5. The van der Waals surface area contributed by atoms with Crippen LogP contribution >= 0.6 is 0 Å². The number of carbonyl (C=O) groups excluding carboxylic acids is 2. The van der Waals surface area contributed by atoms with Gasteiger partial charge in [-0.05, 0) is 13.0 Å². The van der Waals surface area contributed by atoms with Crippen molar-refractivity contribution in [1.29, 1.82) is 0 Å². The molecular formula is C17H13N3O11. The average molecular weight is 435 g/mol. The van der Waals surface area contributed by atoms with E-state index < -0.39 is 54.7 Å². The van der Waals surface area contributed by atoms with Crippen LogP contribution in [-0.4, -0.2) is 45.5 Å². The molecule has 2 aromatic rings. The van der Waals surface area contributed by atoms with Crippen LogP contribution < -0.4 is 0 Å². The summed E-state index contributed by atoms with van der Waals surface area (Å²) in [6, 6.07) is 3.32. The Balaban J connectivity index is 0.00000107. The van der Waals surface area contributed by atoms with Crippen LogP contribution in [0.3, 0.4) is 0 Å². The molecule has 0 saturated carbocycles. The number of fused-ring (bicyclic) bond motifs is 3. The number of ether oxygens (including phenoxy) is 1. The number of nitro groups is 3. The molecule has 14 nitrogen and oxygen atoms in total. The first-order valence-corrected chi connectivity index (χ1v) is 8.27. The van der Waals surface area contributed by atoms with Gasteiger partial charge in [0.05, 0.1) is 51.2 Å². The van der Waals surface area contributed by atoms with Crippen LogP contribution in [0.1, 0.15) is 33.2 Å². The molecule has 0 aromatic heterocycles. The zero-order valence-corrected chi connectivity index (χ0v) is 15.9. The van der Waals surface area contributed by atoms with Crippen molar-refractivity contribution in [1.82, 2.24) is 0 Å². The molecule has 1 aliphatic rings. The van der Waals surface area contributed by atoms with E-state index in [1.165, 1.54) is 14.0 Å². The van der Waals surface area contributed by atoms with Gasteiger partial charge >= 0.3 is 5.97 Å². The maximum atomic E-state index is 12.7. The topological polar surface area (TPSA) is 202 Å². The summed E-state index contributed by atoms with van der Waals surface area (Å²) in [5, 5.41) is 41.1. The van der Waals surface area contributed by atoms with Gasteiger partial charge < -0.3 is 4.74 Å². The molecule has 162 valence electrons. The second-order valence-electron chi connectivity index (χ2n) is 5.81. The quantitative estimate of drug-likeness (QED) is 0.267. The Labute approximate surface area is 172 Å². The maximum Gasteiger partial charge on any atom is 0.338 e. The summed E-state index contributed by atoms with van der Waals surface area (Å²) < 4.78 is 4.78. The van der Waals surface area contributed by atoms with Crippen molar-refractivity contribution in [3.05, 3.63) is 71.3 Å². The molecule has 0 atom stereocenters. The van der Waals surface area contributed by atoms with Crippen LogP contribution in [0.25, 0.3) is 11.1 Å². The Hall–Kier alpha value is -4.30. The Morgan fingerprint density at radius 1 is 0.935 bits per heavy atom. The van der Waals surface area contributed by atoms with Crippen molar-refractivity contribution in [2.24, 2.45) is 0 Å². The minimum absolute atomic E-state index is 0.0183. The molecule has 0 spiro atoms. The predicted molar refractivity (Wildman–Crippen MR) is 101 cm³/mol. The van der Waals surface area contributed by atoms with Crippen LogP contribution in [-0.2, 0) is 9.62 Å². The summed E-state index contributed by atoms with van der Waals surface area (Å²) in [5.74, 6) is -1.82. The molecule has 1 aliphatic carbocycles. The van der Waals surface area contributed by atoms with Crippen molar-refractivity contribution in [2.75, 3.05) is 13.7 Å². The molecule has 0 aliphatic heterocycles. The van der Waals surface area contributed by atoms with Gasteiger partial charge in [-0.1, -0.05) is 0 Å². The highest BCUT2D eigenvalue weighted by Gasteiger charge is 2.41. The Bertz CT molecular complexity index is 1130. The van der Waals surface area contributed by atoms with E-state index in [2.05, 4.69) is 4.89 Å². The van der Waals surface area contributed by atoms with E-state index >= 15 is 0 Å². The van der Waals surface area contributed by atoms with Gasteiger partial charge in [0.15, 0.2) is 5.78 Å². The molecule has 0 bridgehead atoms. The minimum atomic E-state index is -0.961. The average Bonchev–Trinajstić information content (AvgIpc) is 2.99. The number of hydrogen-bond donors (Lipinski definition) is 1. The number of nitro benzene ring substituents is 3. The van der Waals surface area contributed by atoms with E-state index in [4.69, 9.17) is 9.99 Å². The van der Waals surface area contributed by atoms with Gasteiger partial charge in [-0.3, -0.25) is 40.4 Å². The van der Waals surface area contributed by atoms with E-state index in [0.717, 1.165) is 18.2 Å². The first kappa shape index (κ1) is 23.0. The first-order valence-electron chi connectivity index (χ1n) is 8.27. The van der Waals surface area contributed by atoms with Crippen molar-refractivity contribution in [3.63, 3.8) is 0 Å². The van der Waals surface area contributed by atoms with Crippen molar-refractivity contribution >= 4 is 28.8 Å². The van der Waals surface area contributed by atoms with Gasteiger partial charge in [0.1, 0.15) is 0 Å². The molecule has 0 saturated heterocycles. The highest BCUT2D eigenvalue weighted by Crippen LogP contribution is 2.48. The smallest absolute Gasteiger partial charge is 0.338 e. The number of nitrogens with zero attached hydrogens (tertiary/aromatic N) is 3. The highest BCUT2D eigenvalue weighted by atomic mass is 17.1. The lowest BCUT2D eigenvalue weighted by atomic mass is 9.99. The number of esters is 1. The Morgan fingerprint density at radius 2 is 1.42 bits per heavy atom. The zero-order chi connectivity index (χ0) is 23.5. The van der Waals surface area contributed by atoms with Crippen LogP contribution in [0.5, 0.6) is 0 Å². The lowest BCUT2D eigenvalue weighted by Crippen LogP contribution is -2.07. The summed E-state index contributed by atoms with van der Waals surface area (Å²) in [7, 11) is 1.18. The zero-order valence-electron chi connectivity index (χ0n) is 15.9. The molecule has 3 rings (SSSR count). The summed E-state index contributed by atoms with van der Waals surface area (Å²) in [6.45, 7) is 1.50. The van der Waals surface area contributed by atoms with Crippen molar-refractivity contribution < 1.29 is 39.2 Å². The van der Waals surface area contributed by atoms with E-state index in [1.807, 2.05) is 0 Å². The third-order valence-corrected chi connectivity index (χ3v) is 4.07. The van der Waals surface area contributed by atoms with Crippen molar-refractivity contribution in [2.45, 2.75) is 6.92 Å². The standard InChI is InChI=1S/C16H9N3O9.CH4O2/c1-2-28-16(21)7-3-9-13(11(4-7)18(24)25)14-10(15(9)20)5-8(17(22)23)6-12(14)19(26)27;1-3-2/h3-6H,2H2,1H3;2H,1H3. The number of hydrogen-bond acceptors (Lipinski definition) is 11. The molecule has 0 radical (unpaired) electrons. The SMILES string of the molecule is CCOC(=O)c1cc2c(c([N+](=O)[O-])c1)-c1c(cc([N+](=O)[O-])cc1[N+](=O)[O-])C2=O.COO. The maximum absolute atomic E-state index is 12.7. The molecule has 0 heterocycles. The fourth-order valence-corrected chi connectivity index (χ4v) is 2.99. The van der Waals surface area contributed by atoms with E-state index in [9.17, 15) is 39.9 Å². The molecule has 2 aromatic carbocycles. The molecule has 14 heteroatoms. The molecule has 0 unspecified atom stereocenters. The monoisotopic (exact) mass is 435 g/mol. The van der Waals surface area contributed by atoms with E-state index in [-0.39, 0.29) is 23.3 Å². The summed E-state index contributed by atoms with van der Waals surface area (Å²) in [6.07, 6.45) is 0. The third-order valence-electron chi connectivity index (χ3n) is 4.07. The summed E-state index contributed by atoms with van der Waals surface area (Å²) in [4.78, 5) is 59.2. The van der Waals surface area contributed by atoms with Gasteiger partial charge in [0.2, 0.25) is 0 Å². The summed E-state index contributed by atoms with van der Waals surface area (Å²) in [5.41, 5.74) is -4.04. The third kappa shape index (κ3) is 4.19. The number of non-ortho nitro benzene ring substituents is 1. The summed E-state index contributed by atoms with van der Waals surface area (Å²) >= 11 is 0. The largest absolute Gasteiger partial charge is 0.462 e. The second-order valence-corrected chi connectivity index (χ2v) is 5.81. The fourth-order valence-electron chi connectivity index (χ4n) is 2.99. The van der Waals surface area contributed by atoms with E-state index in [1.54, 1.807) is 0 Å². The number of ketones is 1. The van der Waals surface area contributed by atoms with Gasteiger partial charge in [-0.2, -0.15) is 0 Å². The van der Waals surface area contributed by atoms with Gasteiger partial charge in [-0.15, -0.1) is 0 Å². The molecule has 1 N–H and O–H groups in total. The molecular weight excluding hydrogens is 422 g/mol. The predicted octanol–water partition coefficient (Wildman–Crippen LogP) is 2.91. The first-order chi connectivity index (χ1) is 14.6. The number of carbonyl (C=O) groups is 2. The molecule has 0 fully saturated rings. The van der Waals surface area contributed by atoms with Crippen LogP contribution in [0.15, 0.2) is 24.3 Å². The van der Waals surface area contributed by atoms with Crippen LogP contribution in [0, 0.1) is 30.3 Å². The van der Waals surface area contributed by atoms with Crippen LogP contribution in [0.4, 0.5) is 17.1 Å². The Morgan fingerprint density at radius 3 is 1.87 bits per heavy atom. The minimum Gasteiger partial charge on any atom is -0.462 e. The van der Waals surface area contributed by atoms with E-state index in [0.29, 0.717) is 6.07 Å². The lowest BCUT2D eigenvalue weighted by molar-refractivity contribution is -0.394. The molecule has 31 heavy (non-hydrogen) atoms. The van der Waals surface area contributed by atoms with Gasteiger partial charge in [0.25, 0.3) is 17.1 Å². The molecule has 0 amide bonds. The highest BCUT2D eigenvalue weighted by molar-refractivity contribution is 6.25. The van der Waals surface area contributed by atoms with Gasteiger partial charge in [0, 0.05) is 23.3 Å². The normalized spacial score (nSPS) is 11.0. The van der Waals surface area contributed by atoms with Crippen LogP contribution in [0.2, 0.25) is 0 Å². The van der Waals surface area contributed by atoms with Crippen molar-refractivity contribution in [3.8, 4) is 11.1 Å². The lowest BCUT2D eigenvalue weighted by Gasteiger charge is -2.06. The second kappa shape index (κ2) is 9.02. The van der Waals surface area contributed by atoms with Gasteiger partial charge in [-0.25, -0.2) is 9.68 Å². The Kier molecular flexibility index (Phi) is 6.69. The number of benzene rings is 2.